The monoisotopic (exact) mass is 229 g/mol. The molecule has 0 spiro atoms. The molecule has 0 amide bonds. The Morgan fingerprint density at radius 3 is 2.69 bits per heavy atom. The zero-order valence-corrected chi connectivity index (χ0v) is 10.5. The molecule has 0 radical (unpaired) electrons. The van der Waals surface area contributed by atoms with Crippen molar-refractivity contribution >= 4 is 5.97 Å². The van der Waals surface area contributed by atoms with Gasteiger partial charge in [0, 0.05) is 6.54 Å². The minimum absolute atomic E-state index is 0.0965. The zero-order chi connectivity index (χ0) is 12.2. The maximum atomic E-state index is 12.0. The lowest BCUT2D eigenvalue weighted by Crippen LogP contribution is -2.48. The molecule has 1 heterocycles. The molecule has 4 heteroatoms. The van der Waals surface area contributed by atoms with E-state index in [9.17, 15) is 4.79 Å². The first kappa shape index (κ1) is 13.5. The van der Waals surface area contributed by atoms with E-state index in [4.69, 9.17) is 9.84 Å². The van der Waals surface area contributed by atoms with Gasteiger partial charge in [-0.15, -0.1) is 0 Å². The fraction of sp³-hybridized carbons (Fsp3) is 0.917. The van der Waals surface area contributed by atoms with E-state index >= 15 is 0 Å². The average Bonchev–Trinajstić information content (AvgIpc) is 2.16. The van der Waals surface area contributed by atoms with Crippen molar-refractivity contribution in [3.63, 3.8) is 0 Å². The van der Waals surface area contributed by atoms with Crippen molar-refractivity contribution in [2.45, 2.75) is 51.7 Å². The highest BCUT2D eigenvalue weighted by Crippen LogP contribution is 2.20. The minimum atomic E-state index is -0.431. The van der Waals surface area contributed by atoms with Crippen molar-refractivity contribution in [2.24, 2.45) is 0 Å². The molecule has 4 nitrogen and oxygen atoms in total. The number of rotatable bonds is 3. The van der Waals surface area contributed by atoms with Crippen LogP contribution < -0.4 is 0 Å². The molecule has 1 aliphatic rings. The number of likely N-dealkylation sites (tertiary alicyclic amines) is 1. The second kappa shape index (κ2) is 5.64. The van der Waals surface area contributed by atoms with E-state index in [2.05, 4.69) is 0 Å². The first-order valence-corrected chi connectivity index (χ1v) is 6.02. The fourth-order valence-corrected chi connectivity index (χ4v) is 2.02. The van der Waals surface area contributed by atoms with Crippen LogP contribution in [0, 0.1) is 0 Å². The van der Waals surface area contributed by atoms with Crippen molar-refractivity contribution in [1.29, 1.82) is 0 Å². The summed E-state index contributed by atoms with van der Waals surface area (Å²) in [5.41, 5.74) is -0.431. The van der Waals surface area contributed by atoms with Gasteiger partial charge in [-0.1, -0.05) is 6.42 Å². The highest BCUT2D eigenvalue weighted by Gasteiger charge is 2.31. The van der Waals surface area contributed by atoms with E-state index in [0.717, 1.165) is 25.8 Å². The Balaban J connectivity index is 2.57. The summed E-state index contributed by atoms with van der Waals surface area (Å²) in [6.07, 6.45) is 3.00. The zero-order valence-electron chi connectivity index (χ0n) is 10.5. The van der Waals surface area contributed by atoms with Crippen molar-refractivity contribution in [1.82, 2.24) is 4.90 Å². The summed E-state index contributed by atoms with van der Waals surface area (Å²) in [5.74, 6) is -0.152. The average molecular weight is 229 g/mol. The third-order valence-electron chi connectivity index (χ3n) is 2.68. The summed E-state index contributed by atoms with van der Waals surface area (Å²) in [6.45, 7) is 7.17. The van der Waals surface area contributed by atoms with Crippen molar-refractivity contribution in [3.05, 3.63) is 0 Å². The quantitative estimate of drug-likeness (QED) is 0.738. The Labute approximate surface area is 97.6 Å². The Morgan fingerprint density at radius 2 is 2.12 bits per heavy atom. The van der Waals surface area contributed by atoms with Gasteiger partial charge in [-0.25, -0.2) is 0 Å². The molecular formula is C12H23NO3. The number of aliphatic hydroxyl groups is 1. The van der Waals surface area contributed by atoms with Crippen LogP contribution in [0.5, 0.6) is 0 Å². The highest BCUT2D eigenvalue weighted by atomic mass is 16.6. The summed E-state index contributed by atoms with van der Waals surface area (Å²) < 4.78 is 5.39. The van der Waals surface area contributed by atoms with Gasteiger partial charge in [0.2, 0.25) is 0 Å². The lowest BCUT2D eigenvalue weighted by Gasteiger charge is -2.35. The largest absolute Gasteiger partial charge is 0.459 e. The minimum Gasteiger partial charge on any atom is -0.459 e. The number of carbonyl (C=O) groups is 1. The SMILES string of the molecule is CC(C)(C)OC(=O)C1CCCCN1CCO. The van der Waals surface area contributed by atoms with Crippen LogP contribution in [0.15, 0.2) is 0 Å². The highest BCUT2D eigenvalue weighted by molar-refractivity contribution is 5.76. The van der Waals surface area contributed by atoms with Crippen LogP contribution >= 0.6 is 0 Å². The number of nitrogens with zero attached hydrogens (tertiary/aromatic N) is 1. The molecule has 0 saturated carbocycles. The molecule has 1 saturated heterocycles. The van der Waals surface area contributed by atoms with E-state index in [1.54, 1.807) is 0 Å². The van der Waals surface area contributed by atoms with Crippen LogP contribution in [0.2, 0.25) is 0 Å². The Hall–Kier alpha value is -0.610. The lowest BCUT2D eigenvalue weighted by atomic mass is 10.0. The maximum absolute atomic E-state index is 12.0. The third-order valence-corrected chi connectivity index (χ3v) is 2.68. The van der Waals surface area contributed by atoms with Gasteiger partial charge in [-0.3, -0.25) is 9.69 Å². The van der Waals surface area contributed by atoms with Gasteiger partial charge in [-0.2, -0.15) is 0 Å². The van der Waals surface area contributed by atoms with Gasteiger partial charge < -0.3 is 9.84 Å². The lowest BCUT2D eigenvalue weighted by molar-refractivity contribution is -0.163. The van der Waals surface area contributed by atoms with E-state index in [0.29, 0.717) is 6.54 Å². The summed E-state index contributed by atoms with van der Waals surface area (Å²) >= 11 is 0. The molecular weight excluding hydrogens is 206 g/mol. The van der Waals surface area contributed by atoms with Gasteiger partial charge in [0.25, 0.3) is 0 Å². The first-order chi connectivity index (χ1) is 7.44. The Kier molecular flexibility index (Phi) is 4.74. The number of esters is 1. The number of β-amino-alcohol motifs (C(OH)–C–C–N with tert-alkyl or cyclic N) is 1. The van der Waals surface area contributed by atoms with Crippen LogP contribution in [-0.4, -0.2) is 47.3 Å². The second-order valence-corrected chi connectivity index (χ2v) is 5.30. The van der Waals surface area contributed by atoms with Crippen molar-refractivity contribution in [3.8, 4) is 0 Å². The Morgan fingerprint density at radius 1 is 1.44 bits per heavy atom. The molecule has 94 valence electrons. The second-order valence-electron chi connectivity index (χ2n) is 5.30. The molecule has 1 rings (SSSR count). The molecule has 1 fully saturated rings. The fourth-order valence-electron chi connectivity index (χ4n) is 2.02. The molecule has 1 atom stereocenters. The summed E-state index contributed by atoms with van der Waals surface area (Å²) in [6, 6.07) is -0.167. The van der Waals surface area contributed by atoms with Crippen LogP contribution in [0.4, 0.5) is 0 Å². The normalized spacial score (nSPS) is 23.1. The predicted octanol–water partition coefficient (Wildman–Crippen LogP) is 1.17. The molecule has 0 bridgehead atoms. The molecule has 1 unspecified atom stereocenters. The molecule has 0 aliphatic carbocycles. The molecule has 1 N–H and O–H groups in total. The number of aliphatic hydroxyl groups excluding tert-OH is 1. The summed E-state index contributed by atoms with van der Waals surface area (Å²) in [5, 5.41) is 8.96. The number of carbonyl (C=O) groups excluding carboxylic acids is 1. The van der Waals surface area contributed by atoms with Gasteiger partial charge in [0.1, 0.15) is 11.6 Å². The molecule has 0 aromatic rings. The van der Waals surface area contributed by atoms with Crippen LogP contribution in [0.25, 0.3) is 0 Å². The first-order valence-electron chi connectivity index (χ1n) is 6.02. The third kappa shape index (κ3) is 4.10. The topological polar surface area (TPSA) is 49.8 Å². The molecule has 0 aromatic carbocycles. The number of piperidine rings is 1. The van der Waals surface area contributed by atoms with Crippen LogP contribution in [0.3, 0.4) is 0 Å². The molecule has 1 aliphatic heterocycles. The molecule has 0 aromatic heterocycles. The van der Waals surface area contributed by atoms with Crippen LogP contribution in [0.1, 0.15) is 40.0 Å². The summed E-state index contributed by atoms with van der Waals surface area (Å²) in [4.78, 5) is 14.0. The van der Waals surface area contributed by atoms with E-state index in [1.807, 2.05) is 25.7 Å². The Bertz CT molecular complexity index is 233. The number of ether oxygens (including phenoxy) is 1. The van der Waals surface area contributed by atoms with E-state index in [1.165, 1.54) is 0 Å². The number of hydrogen-bond acceptors (Lipinski definition) is 4. The van der Waals surface area contributed by atoms with Gasteiger partial charge in [0.05, 0.1) is 6.61 Å². The standard InChI is InChI=1S/C12H23NO3/c1-12(2,3)16-11(15)10-6-4-5-7-13(10)8-9-14/h10,14H,4-9H2,1-3H3. The summed E-state index contributed by atoms with van der Waals surface area (Å²) in [7, 11) is 0. The molecule has 16 heavy (non-hydrogen) atoms. The van der Waals surface area contributed by atoms with E-state index in [-0.39, 0.29) is 18.6 Å². The number of hydrogen-bond donors (Lipinski definition) is 1. The van der Waals surface area contributed by atoms with E-state index < -0.39 is 5.60 Å². The maximum Gasteiger partial charge on any atom is 0.323 e. The predicted molar refractivity (Wildman–Crippen MR) is 62.1 cm³/mol. The van der Waals surface area contributed by atoms with Crippen molar-refractivity contribution in [2.75, 3.05) is 19.7 Å². The smallest absolute Gasteiger partial charge is 0.323 e. The van der Waals surface area contributed by atoms with Gasteiger partial charge in [0.15, 0.2) is 0 Å². The van der Waals surface area contributed by atoms with Crippen LogP contribution in [-0.2, 0) is 9.53 Å². The van der Waals surface area contributed by atoms with Gasteiger partial charge in [-0.05, 0) is 40.2 Å². The van der Waals surface area contributed by atoms with Gasteiger partial charge >= 0.3 is 5.97 Å². The van der Waals surface area contributed by atoms with Crippen molar-refractivity contribution < 1.29 is 14.6 Å².